The lowest BCUT2D eigenvalue weighted by atomic mass is 10.1. The quantitative estimate of drug-likeness (QED) is 0.906. The number of halogens is 3. The number of hydrogen-bond donors (Lipinski definition) is 1. The number of alkyl halides is 3. The average molecular weight is 258 g/mol. The monoisotopic (exact) mass is 258 g/mol. The molecule has 0 spiro atoms. The number of nitrogens with zero attached hydrogens (tertiary/aromatic N) is 1. The summed E-state index contributed by atoms with van der Waals surface area (Å²) in [5.74, 6) is 0. The minimum atomic E-state index is -4.34. The van der Waals surface area contributed by atoms with Crippen molar-refractivity contribution in [3.8, 4) is 0 Å². The van der Waals surface area contributed by atoms with Crippen LogP contribution in [0.4, 0.5) is 18.9 Å². The summed E-state index contributed by atoms with van der Waals surface area (Å²) in [6, 6.07) is 5.41. The molecule has 0 amide bonds. The fraction of sp³-hybridized carbons (Fsp3) is 0.182. The molecule has 17 heavy (non-hydrogen) atoms. The first-order valence-electron chi connectivity index (χ1n) is 4.86. The van der Waals surface area contributed by atoms with E-state index in [0.717, 1.165) is 11.1 Å². The first-order valence-corrected chi connectivity index (χ1v) is 5.74. The topological polar surface area (TPSA) is 24.9 Å². The summed E-state index contributed by atoms with van der Waals surface area (Å²) >= 11 is 1.40. The van der Waals surface area contributed by atoms with Crippen molar-refractivity contribution in [2.75, 3.05) is 5.32 Å². The molecular formula is C11H9F3N2S. The van der Waals surface area contributed by atoms with Crippen LogP contribution in [0.25, 0.3) is 0 Å². The van der Waals surface area contributed by atoms with Crippen molar-refractivity contribution in [3.05, 3.63) is 46.4 Å². The lowest BCUT2D eigenvalue weighted by Crippen LogP contribution is -2.10. The number of nitrogens with one attached hydrogen (secondary N) is 1. The van der Waals surface area contributed by atoms with E-state index in [4.69, 9.17) is 0 Å². The van der Waals surface area contributed by atoms with Crippen LogP contribution in [-0.2, 0) is 12.7 Å². The van der Waals surface area contributed by atoms with Gasteiger partial charge in [-0.05, 0) is 12.1 Å². The van der Waals surface area contributed by atoms with E-state index in [-0.39, 0.29) is 5.69 Å². The molecule has 0 fully saturated rings. The number of anilines is 1. The molecule has 0 aliphatic carbocycles. The van der Waals surface area contributed by atoms with Gasteiger partial charge in [0.15, 0.2) is 0 Å². The Balaban J connectivity index is 2.16. The van der Waals surface area contributed by atoms with Gasteiger partial charge in [-0.15, -0.1) is 11.3 Å². The van der Waals surface area contributed by atoms with Crippen LogP contribution in [0.2, 0.25) is 0 Å². The van der Waals surface area contributed by atoms with Gasteiger partial charge in [-0.2, -0.15) is 13.2 Å². The highest BCUT2D eigenvalue weighted by Crippen LogP contribution is 2.34. The Morgan fingerprint density at radius 1 is 1.24 bits per heavy atom. The van der Waals surface area contributed by atoms with Gasteiger partial charge in [0.05, 0.1) is 12.1 Å². The zero-order valence-electron chi connectivity index (χ0n) is 8.66. The fourth-order valence-corrected chi connectivity index (χ4v) is 1.95. The van der Waals surface area contributed by atoms with Crippen molar-refractivity contribution in [2.24, 2.45) is 0 Å². The van der Waals surface area contributed by atoms with Crippen LogP contribution >= 0.6 is 11.3 Å². The Hall–Kier alpha value is -1.56. The maximum absolute atomic E-state index is 12.7. The number of benzene rings is 1. The van der Waals surface area contributed by atoms with Gasteiger partial charge in [-0.1, -0.05) is 12.1 Å². The molecule has 2 rings (SSSR count). The number of thiazole rings is 1. The molecule has 1 heterocycles. The van der Waals surface area contributed by atoms with E-state index in [1.54, 1.807) is 17.6 Å². The van der Waals surface area contributed by atoms with Crippen LogP contribution < -0.4 is 5.32 Å². The van der Waals surface area contributed by atoms with Gasteiger partial charge in [0.25, 0.3) is 0 Å². The number of para-hydroxylation sites is 1. The van der Waals surface area contributed by atoms with E-state index < -0.39 is 11.7 Å². The lowest BCUT2D eigenvalue weighted by Gasteiger charge is -2.13. The number of hydrogen-bond acceptors (Lipinski definition) is 3. The second kappa shape index (κ2) is 4.75. The Kier molecular flexibility index (Phi) is 3.33. The van der Waals surface area contributed by atoms with Crippen LogP contribution in [0.5, 0.6) is 0 Å². The summed E-state index contributed by atoms with van der Waals surface area (Å²) in [4.78, 5) is 4.00. The molecule has 1 aromatic carbocycles. The Bertz CT molecular complexity index is 480. The summed E-state index contributed by atoms with van der Waals surface area (Å²) in [7, 11) is 0. The van der Waals surface area contributed by atoms with E-state index in [2.05, 4.69) is 10.3 Å². The molecule has 1 N–H and O–H groups in total. The maximum atomic E-state index is 12.7. The van der Waals surface area contributed by atoms with Crippen molar-refractivity contribution in [1.29, 1.82) is 0 Å². The van der Waals surface area contributed by atoms with Crippen LogP contribution in [0, 0.1) is 0 Å². The van der Waals surface area contributed by atoms with Crippen LogP contribution in [0.1, 0.15) is 10.6 Å². The predicted molar refractivity (Wildman–Crippen MR) is 60.9 cm³/mol. The summed E-state index contributed by atoms with van der Waals surface area (Å²) in [6.07, 6.45) is -2.72. The summed E-state index contributed by atoms with van der Waals surface area (Å²) < 4.78 is 38.0. The van der Waals surface area contributed by atoms with Crippen molar-refractivity contribution >= 4 is 17.0 Å². The normalized spacial score (nSPS) is 11.5. The predicted octanol–water partition coefficient (Wildman–Crippen LogP) is 3.77. The van der Waals surface area contributed by atoms with Gasteiger partial charge in [0.1, 0.15) is 5.01 Å². The molecule has 2 nitrogen and oxygen atoms in total. The molecular weight excluding hydrogens is 249 g/mol. The maximum Gasteiger partial charge on any atom is 0.418 e. The van der Waals surface area contributed by atoms with E-state index in [9.17, 15) is 13.2 Å². The standard InChI is InChI=1S/C11H9F3N2S/c12-11(13,14)8-3-1-2-4-9(8)16-7-10-15-5-6-17-10/h1-6,16H,7H2. The Labute approximate surface area is 100 Å². The first kappa shape index (κ1) is 11.9. The number of rotatable bonds is 3. The molecule has 1 aromatic heterocycles. The SMILES string of the molecule is FC(F)(F)c1ccccc1NCc1nccs1. The zero-order valence-corrected chi connectivity index (χ0v) is 9.48. The average Bonchev–Trinajstić information content (AvgIpc) is 2.78. The third-order valence-electron chi connectivity index (χ3n) is 2.15. The molecule has 0 saturated carbocycles. The van der Waals surface area contributed by atoms with Crippen LogP contribution in [0.3, 0.4) is 0 Å². The molecule has 0 saturated heterocycles. The summed E-state index contributed by atoms with van der Waals surface area (Å²) in [5.41, 5.74) is -0.577. The second-order valence-corrected chi connectivity index (χ2v) is 4.30. The molecule has 0 aliphatic heterocycles. The van der Waals surface area contributed by atoms with Crippen molar-refractivity contribution in [3.63, 3.8) is 0 Å². The van der Waals surface area contributed by atoms with Gasteiger partial charge < -0.3 is 5.32 Å². The van der Waals surface area contributed by atoms with Gasteiger partial charge in [-0.25, -0.2) is 4.98 Å². The zero-order chi connectivity index (χ0) is 12.3. The highest BCUT2D eigenvalue weighted by Gasteiger charge is 2.32. The van der Waals surface area contributed by atoms with E-state index >= 15 is 0 Å². The third-order valence-corrected chi connectivity index (χ3v) is 2.93. The van der Waals surface area contributed by atoms with Crippen LogP contribution in [-0.4, -0.2) is 4.98 Å². The molecule has 0 unspecified atom stereocenters. The van der Waals surface area contributed by atoms with Gasteiger partial charge in [0, 0.05) is 17.3 Å². The lowest BCUT2D eigenvalue weighted by molar-refractivity contribution is -0.136. The molecule has 0 atom stereocenters. The molecule has 0 aliphatic rings. The summed E-state index contributed by atoms with van der Waals surface area (Å²) in [5, 5.41) is 5.29. The highest BCUT2D eigenvalue weighted by atomic mass is 32.1. The molecule has 0 bridgehead atoms. The smallest absolute Gasteiger partial charge is 0.378 e. The van der Waals surface area contributed by atoms with Gasteiger partial charge in [0.2, 0.25) is 0 Å². The van der Waals surface area contributed by atoms with Crippen molar-refractivity contribution in [1.82, 2.24) is 4.98 Å². The van der Waals surface area contributed by atoms with Crippen molar-refractivity contribution < 1.29 is 13.2 Å². The molecule has 90 valence electrons. The van der Waals surface area contributed by atoms with Crippen LogP contribution in [0.15, 0.2) is 35.8 Å². The molecule has 2 aromatic rings. The van der Waals surface area contributed by atoms with E-state index in [0.29, 0.717) is 6.54 Å². The molecule has 6 heteroatoms. The first-order chi connectivity index (χ1) is 8.07. The largest absolute Gasteiger partial charge is 0.418 e. The highest BCUT2D eigenvalue weighted by molar-refractivity contribution is 7.09. The Morgan fingerprint density at radius 3 is 2.65 bits per heavy atom. The number of aromatic nitrogens is 1. The third kappa shape index (κ3) is 2.97. The minimum absolute atomic E-state index is 0.0789. The minimum Gasteiger partial charge on any atom is -0.378 e. The van der Waals surface area contributed by atoms with E-state index in [1.165, 1.54) is 23.5 Å². The second-order valence-electron chi connectivity index (χ2n) is 3.32. The Morgan fingerprint density at radius 2 is 2.00 bits per heavy atom. The fourth-order valence-electron chi connectivity index (χ4n) is 1.40. The molecule has 0 radical (unpaired) electrons. The summed E-state index contributed by atoms with van der Waals surface area (Å²) in [6.45, 7) is 0.296. The van der Waals surface area contributed by atoms with E-state index in [1.807, 2.05) is 0 Å². The van der Waals surface area contributed by atoms with Crippen molar-refractivity contribution in [2.45, 2.75) is 12.7 Å². The van der Waals surface area contributed by atoms with Gasteiger partial charge >= 0.3 is 6.18 Å². The van der Waals surface area contributed by atoms with Gasteiger partial charge in [-0.3, -0.25) is 0 Å².